The quantitative estimate of drug-likeness (QED) is 0.615. The third-order valence-corrected chi connectivity index (χ3v) is 6.39. The van der Waals surface area contributed by atoms with Crippen molar-refractivity contribution in [2.45, 2.75) is 51.6 Å². The lowest BCUT2D eigenvalue weighted by Crippen LogP contribution is -2.32. The number of esters is 1. The average molecular weight is 386 g/mol. The average Bonchev–Trinajstić information content (AvgIpc) is 3.06. The summed E-state index contributed by atoms with van der Waals surface area (Å²) in [7, 11) is 0. The number of nitrogens with zero attached hydrogens (tertiary/aromatic N) is 2. The first kappa shape index (κ1) is 18.2. The van der Waals surface area contributed by atoms with Crippen molar-refractivity contribution in [3.8, 4) is 0 Å². The summed E-state index contributed by atoms with van der Waals surface area (Å²) in [5, 5.41) is 1.25. The van der Waals surface area contributed by atoms with Crippen LogP contribution in [0.3, 0.4) is 0 Å². The van der Waals surface area contributed by atoms with E-state index >= 15 is 0 Å². The molecule has 4 heteroatoms. The first-order valence-electron chi connectivity index (χ1n) is 10.5. The van der Waals surface area contributed by atoms with Crippen molar-refractivity contribution in [1.29, 1.82) is 0 Å². The van der Waals surface area contributed by atoms with Crippen LogP contribution in [0, 0.1) is 0 Å². The summed E-state index contributed by atoms with van der Waals surface area (Å²) in [4.78, 5) is 17.6. The molecule has 3 heterocycles. The van der Waals surface area contributed by atoms with E-state index in [0.29, 0.717) is 13.0 Å². The minimum absolute atomic E-state index is 0.140. The second-order valence-corrected chi connectivity index (χ2v) is 8.63. The van der Waals surface area contributed by atoms with Crippen molar-refractivity contribution in [3.05, 3.63) is 70.9 Å². The minimum Gasteiger partial charge on any atom is -0.464 e. The fourth-order valence-corrected chi connectivity index (χ4v) is 4.89. The molecular formula is C25H26N2O2. The Morgan fingerprint density at radius 2 is 1.97 bits per heavy atom. The van der Waals surface area contributed by atoms with Gasteiger partial charge in [-0.1, -0.05) is 62.4 Å². The van der Waals surface area contributed by atoms with Crippen LogP contribution in [0.4, 0.5) is 0 Å². The molecule has 2 aromatic carbocycles. The maximum Gasteiger partial charge on any atom is 0.331 e. The molecule has 5 rings (SSSR count). The number of hydrogen-bond donors (Lipinski definition) is 0. The van der Waals surface area contributed by atoms with Gasteiger partial charge in [-0.25, -0.2) is 4.79 Å². The number of para-hydroxylation sites is 1. The van der Waals surface area contributed by atoms with Gasteiger partial charge in [0.25, 0.3) is 0 Å². The number of hydrogen-bond acceptors (Lipinski definition) is 3. The molecule has 1 aromatic heterocycles. The lowest BCUT2D eigenvalue weighted by Gasteiger charge is -2.32. The highest BCUT2D eigenvalue weighted by atomic mass is 16.5. The molecule has 0 spiro atoms. The largest absolute Gasteiger partial charge is 0.464 e. The maximum absolute atomic E-state index is 12.6. The lowest BCUT2D eigenvalue weighted by atomic mass is 9.78. The Morgan fingerprint density at radius 3 is 2.72 bits per heavy atom. The predicted molar refractivity (Wildman–Crippen MR) is 116 cm³/mol. The van der Waals surface area contributed by atoms with Crippen LogP contribution >= 0.6 is 0 Å². The van der Waals surface area contributed by atoms with Gasteiger partial charge in [-0.2, -0.15) is 0 Å². The molecule has 0 amide bonds. The Balaban J connectivity index is 1.79. The Labute approximate surface area is 171 Å². The molecule has 0 radical (unpaired) electrons. The van der Waals surface area contributed by atoms with Crippen LogP contribution in [0.15, 0.2) is 53.5 Å². The Kier molecular flexibility index (Phi) is 4.12. The van der Waals surface area contributed by atoms with Crippen LogP contribution in [0.2, 0.25) is 0 Å². The van der Waals surface area contributed by atoms with E-state index in [1.54, 1.807) is 0 Å². The van der Waals surface area contributed by atoms with Gasteiger partial charge in [-0.05, 0) is 29.9 Å². The summed E-state index contributed by atoms with van der Waals surface area (Å²) in [6.07, 6.45) is 1.68. The third kappa shape index (κ3) is 2.73. The van der Waals surface area contributed by atoms with E-state index in [2.05, 4.69) is 48.7 Å². The summed E-state index contributed by atoms with van der Waals surface area (Å²) in [5.41, 5.74) is 7.19. The van der Waals surface area contributed by atoms with Crippen LogP contribution < -0.4 is 0 Å². The Morgan fingerprint density at radius 1 is 1.17 bits per heavy atom. The van der Waals surface area contributed by atoms with E-state index in [4.69, 9.17) is 9.73 Å². The van der Waals surface area contributed by atoms with Crippen molar-refractivity contribution >= 4 is 22.6 Å². The third-order valence-electron chi connectivity index (χ3n) is 6.39. The SMILES string of the molecule is CCOC(=O)C1Cc2c(n3c4c(cccc24)C(C)(C)CC3)C(c2ccccc2)=N1. The molecule has 2 aliphatic heterocycles. The van der Waals surface area contributed by atoms with E-state index in [1.165, 1.54) is 27.7 Å². The standard InChI is InChI=1S/C25H26N2O2/c1-4-29-24(28)20-15-18-17-11-8-12-19-22(17)27(14-13-25(19,2)3)23(18)21(26-20)16-9-6-5-7-10-16/h5-12,20H,4,13-15H2,1-3H3. The molecule has 1 unspecified atom stereocenters. The van der Waals surface area contributed by atoms with Gasteiger partial charge >= 0.3 is 5.97 Å². The fraction of sp³-hybridized carbons (Fsp3) is 0.360. The fourth-order valence-electron chi connectivity index (χ4n) is 4.89. The van der Waals surface area contributed by atoms with Crippen molar-refractivity contribution < 1.29 is 9.53 Å². The van der Waals surface area contributed by atoms with Crippen molar-refractivity contribution in [2.24, 2.45) is 4.99 Å². The van der Waals surface area contributed by atoms with Crippen LogP contribution in [0.25, 0.3) is 10.9 Å². The monoisotopic (exact) mass is 386 g/mol. The van der Waals surface area contributed by atoms with Crippen LogP contribution in [0.1, 0.15) is 49.6 Å². The molecule has 0 saturated heterocycles. The van der Waals surface area contributed by atoms with E-state index in [9.17, 15) is 4.79 Å². The highest BCUT2D eigenvalue weighted by molar-refractivity contribution is 6.17. The van der Waals surface area contributed by atoms with Gasteiger partial charge < -0.3 is 9.30 Å². The molecule has 0 bridgehead atoms. The second kappa shape index (κ2) is 6.58. The molecule has 0 saturated carbocycles. The van der Waals surface area contributed by atoms with Crippen LogP contribution in [-0.4, -0.2) is 28.9 Å². The van der Waals surface area contributed by atoms with E-state index < -0.39 is 6.04 Å². The molecule has 4 nitrogen and oxygen atoms in total. The summed E-state index contributed by atoms with van der Waals surface area (Å²) in [6, 6.07) is 16.3. The van der Waals surface area contributed by atoms with Gasteiger partial charge in [0, 0.05) is 23.9 Å². The number of carbonyl (C=O) groups is 1. The van der Waals surface area contributed by atoms with Gasteiger partial charge in [0.2, 0.25) is 0 Å². The number of aliphatic imine (C=N–C) groups is 1. The number of ether oxygens (including phenoxy) is 1. The smallest absolute Gasteiger partial charge is 0.331 e. The molecule has 1 atom stereocenters. The molecular weight excluding hydrogens is 360 g/mol. The first-order valence-corrected chi connectivity index (χ1v) is 10.5. The number of aryl methyl sites for hydroxylation is 1. The zero-order valence-corrected chi connectivity index (χ0v) is 17.2. The predicted octanol–water partition coefficient (Wildman–Crippen LogP) is 4.65. The van der Waals surface area contributed by atoms with Gasteiger partial charge in [0.1, 0.15) is 0 Å². The van der Waals surface area contributed by atoms with Crippen molar-refractivity contribution in [2.75, 3.05) is 6.61 Å². The number of carbonyl (C=O) groups excluding carboxylic acids is 1. The molecule has 29 heavy (non-hydrogen) atoms. The summed E-state index contributed by atoms with van der Waals surface area (Å²) < 4.78 is 7.79. The van der Waals surface area contributed by atoms with Gasteiger partial charge in [-0.15, -0.1) is 0 Å². The van der Waals surface area contributed by atoms with Crippen LogP contribution in [0.5, 0.6) is 0 Å². The first-order chi connectivity index (χ1) is 14.0. The lowest BCUT2D eigenvalue weighted by molar-refractivity contribution is -0.144. The number of rotatable bonds is 3. The van der Waals surface area contributed by atoms with Gasteiger partial charge in [0.05, 0.1) is 23.5 Å². The normalized spacial score (nSPS) is 19.6. The van der Waals surface area contributed by atoms with E-state index in [-0.39, 0.29) is 11.4 Å². The van der Waals surface area contributed by atoms with Crippen molar-refractivity contribution in [1.82, 2.24) is 4.57 Å². The molecule has 148 valence electrons. The molecule has 3 aromatic rings. The van der Waals surface area contributed by atoms with E-state index in [1.807, 2.05) is 25.1 Å². The Hall–Kier alpha value is -2.88. The number of benzene rings is 2. The van der Waals surface area contributed by atoms with E-state index in [0.717, 1.165) is 24.2 Å². The number of fused-ring (bicyclic) bond motifs is 3. The maximum atomic E-state index is 12.6. The minimum atomic E-state index is -0.492. The molecule has 0 aliphatic carbocycles. The zero-order valence-electron chi connectivity index (χ0n) is 17.2. The zero-order chi connectivity index (χ0) is 20.2. The van der Waals surface area contributed by atoms with Crippen molar-refractivity contribution in [3.63, 3.8) is 0 Å². The topological polar surface area (TPSA) is 43.6 Å². The summed E-state index contributed by atoms with van der Waals surface area (Å²) in [5.74, 6) is -0.237. The van der Waals surface area contributed by atoms with Crippen LogP contribution in [-0.2, 0) is 27.9 Å². The summed E-state index contributed by atoms with van der Waals surface area (Å²) in [6.45, 7) is 7.83. The summed E-state index contributed by atoms with van der Waals surface area (Å²) >= 11 is 0. The molecule has 0 N–H and O–H groups in total. The molecule has 2 aliphatic rings. The highest BCUT2D eigenvalue weighted by Gasteiger charge is 2.37. The van der Waals surface area contributed by atoms with Gasteiger partial charge in [0.15, 0.2) is 6.04 Å². The Bertz CT molecular complexity index is 1140. The molecule has 0 fully saturated rings. The second-order valence-electron chi connectivity index (χ2n) is 8.63. The number of aromatic nitrogens is 1. The van der Waals surface area contributed by atoms with Gasteiger partial charge in [-0.3, -0.25) is 4.99 Å². The highest BCUT2D eigenvalue weighted by Crippen LogP contribution is 2.43.